The molecule has 17 heavy (non-hydrogen) atoms. The van der Waals surface area contributed by atoms with Crippen LogP contribution in [0.5, 0.6) is 0 Å². The predicted octanol–water partition coefficient (Wildman–Crippen LogP) is 0.856. The molecule has 4 heteroatoms. The topological polar surface area (TPSA) is 55.6 Å². The first-order chi connectivity index (χ1) is 8.26. The molecule has 2 bridgehead atoms. The van der Waals surface area contributed by atoms with E-state index in [0.717, 1.165) is 12.3 Å². The number of nitrogens with two attached hydrogens (primary N) is 1. The first-order valence-corrected chi connectivity index (χ1v) is 6.74. The first-order valence-electron chi connectivity index (χ1n) is 6.74. The van der Waals surface area contributed by atoms with Crippen molar-refractivity contribution in [3.05, 3.63) is 0 Å². The first kappa shape index (κ1) is 12.8. The van der Waals surface area contributed by atoms with Crippen LogP contribution in [0.2, 0.25) is 0 Å². The van der Waals surface area contributed by atoms with Crippen LogP contribution in [0.15, 0.2) is 0 Å². The molecule has 0 aromatic rings. The van der Waals surface area contributed by atoms with Crippen LogP contribution in [0.1, 0.15) is 25.7 Å². The summed E-state index contributed by atoms with van der Waals surface area (Å²) in [6.07, 6.45) is 4.97. The molecule has 2 aliphatic rings. The zero-order chi connectivity index (χ0) is 12.3. The molecule has 0 aromatic carbocycles. The summed E-state index contributed by atoms with van der Waals surface area (Å²) in [6.45, 7) is 2.49. The number of methoxy groups -OCH3 is 1. The summed E-state index contributed by atoms with van der Waals surface area (Å²) < 4.78 is 5.06. The zero-order valence-corrected chi connectivity index (χ0v) is 10.7. The van der Waals surface area contributed by atoms with Gasteiger partial charge in [0.2, 0.25) is 5.91 Å². The summed E-state index contributed by atoms with van der Waals surface area (Å²) in [5.74, 6) is 2.06. The van der Waals surface area contributed by atoms with Crippen molar-refractivity contribution in [3.8, 4) is 0 Å². The van der Waals surface area contributed by atoms with Crippen molar-refractivity contribution in [1.82, 2.24) is 4.90 Å². The summed E-state index contributed by atoms with van der Waals surface area (Å²) in [7, 11) is 1.67. The Labute approximate surface area is 103 Å². The van der Waals surface area contributed by atoms with Gasteiger partial charge in [0.15, 0.2) is 0 Å². The lowest BCUT2D eigenvalue weighted by molar-refractivity contribution is -0.137. The van der Waals surface area contributed by atoms with Gasteiger partial charge >= 0.3 is 0 Å². The second-order valence-electron chi connectivity index (χ2n) is 5.39. The Kier molecular flexibility index (Phi) is 4.40. The number of carbonyl (C=O) groups excluding carboxylic acids is 1. The molecule has 1 amide bonds. The highest BCUT2D eigenvalue weighted by molar-refractivity contribution is 5.79. The molecule has 0 heterocycles. The third-order valence-corrected chi connectivity index (χ3v) is 4.33. The fourth-order valence-electron chi connectivity index (χ4n) is 3.47. The molecule has 4 nitrogen and oxygen atoms in total. The van der Waals surface area contributed by atoms with Crippen molar-refractivity contribution in [2.75, 3.05) is 33.4 Å². The Morgan fingerprint density at radius 1 is 1.35 bits per heavy atom. The number of rotatable bonds is 6. The van der Waals surface area contributed by atoms with Gasteiger partial charge in [0.05, 0.1) is 6.61 Å². The maximum Gasteiger partial charge on any atom is 0.226 e. The predicted molar refractivity (Wildman–Crippen MR) is 66.4 cm³/mol. The molecular weight excluding hydrogens is 216 g/mol. The van der Waals surface area contributed by atoms with Gasteiger partial charge in [0, 0.05) is 32.7 Å². The summed E-state index contributed by atoms with van der Waals surface area (Å²) in [5, 5.41) is 0. The van der Waals surface area contributed by atoms with E-state index in [4.69, 9.17) is 10.5 Å². The zero-order valence-electron chi connectivity index (χ0n) is 10.7. The maximum absolute atomic E-state index is 12.4. The number of fused-ring (bicyclic) bond motifs is 2. The molecule has 2 fully saturated rings. The molecule has 0 spiro atoms. The smallest absolute Gasteiger partial charge is 0.226 e. The lowest BCUT2D eigenvalue weighted by atomic mass is 9.87. The monoisotopic (exact) mass is 240 g/mol. The Hall–Kier alpha value is -0.610. The third-order valence-electron chi connectivity index (χ3n) is 4.33. The molecule has 0 aliphatic heterocycles. The van der Waals surface area contributed by atoms with Crippen LogP contribution in [-0.4, -0.2) is 44.2 Å². The minimum atomic E-state index is 0.275. The van der Waals surface area contributed by atoms with E-state index in [1.165, 1.54) is 19.3 Å². The Morgan fingerprint density at radius 2 is 2.18 bits per heavy atom. The van der Waals surface area contributed by atoms with Gasteiger partial charge in [-0.05, 0) is 31.1 Å². The fraction of sp³-hybridized carbons (Fsp3) is 0.923. The van der Waals surface area contributed by atoms with E-state index in [1.807, 2.05) is 4.90 Å². The number of nitrogens with zero attached hydrogens (tertiary/aromatic N) is 1. The van der Waals surface area contributed by atoms with Gasteiger partial charge in [-0.15, -0.1) is 0 Å². The van der Waals surface area contributed by atoms with Gasteiger partial charge in [-0.3, -0.25) is 4.79 Å². The van der Waals surface area contributed by atoms with E-state index < -0.39 is 0 Å². The van der Waals surface area contributed by atoms with Crippen LogP contribution in [-0.2, 0) is 9.53 Å². The Bertz CT molecular complexity index is 270. The highest BCUT2D eigenvalue weighted by Gasteiger charge is 2.44. The van der Waals surface area contributed by atoms with Crippen molar-refractivity contribution in [1.29, 1.82) is 0 Å². The SMILES string of the molecule is COCCN(CCN)C(=O)C1CC2CCC1C2. The van der Waals surface area contributed by atoms with Crippen molar-refractivity contribution >= 4 is 5.91 Å². The lowest BCUT2D eigenvalue weighted by Crippen LogP contribution is -2.42. The normalized spacial score (nSPS) is 30.8. The second-order valence-corrected chi connectivity index (χ2v) is 5.39. The Balaban J connectivity index is 1.91. The second kappa shape index (κ2) is 5.83. The van der Waals surface area contributed by atoms with Gasteiger partial charge in [-0.1, -0.05) is 6.42 Å². The minimum absolute atomic E-state index is 0.275. The molecule has 0 radical (unpaired) electrons. The van der Waals surface area contributed by atoms with Gasteiger partial charge in [-0.25, -0.2) is 0 Å². The van der Waals surface area contributed by atoms with Crippen molar-refractivity contribution in [2.24, 2.45) is 23.5 Å². The molecule has 2 aliphatic carbocycles. The van der Waals surface area contributed by atoms with Gasteiger partial charge in [-0.2, -0.15) is 0 Å². The van der Waals surface area contributed by atoms with Gasteiger partial charge < -0.3 is 15.4 Å². The van der Waals surface area contributed by atoms with E-state index in [-0.39, 0.29) is 5.92 Å². The van der Waals surface area contributed by atoms with Gasteiger partial charge in [0.25, 0.3) is 0 Å². The molecule has 2 rings (SSSR count). The number of hydrogen-bond donors (Lipinski definition) is 1. The molecule has 98 valence electrons. The van der Waals surface area contributed by atoms with E-state index in [2.05, 4.69) is 0 Å². The van der Waals surface area contributed by atoms with Crippen molar-refractivity contribution in [2.45, 2.75) is 25.7 Å². The molecule has 3 atom stereocenters. The van der Waals surface area contributed by atoms with Crippen LogP contribution < -0.4 is 5.73 Å². The minimum Gasteiger partial charge on any atom is -0.383 e. The Morgan fingerprint density at radius 3 is 2.71 bits per heavy atom. The van der Waals surface area contributed by atoms with Crippen molar-refractivity contribution in [3.63, 3.8) is 0 Å². The summed E-state index contributed by atoms with van der Waals surface area (Å²) >= 11 is 0. The standard InChI is InChI=1S/C13H24N2O2/c1-17-7-6-15(5-4-14)13(16)12-9-10-2-3-11(12)8-10/h10-12H,2-9,14H2,1H3. The van der Waals surface area contributed by atoms with Crippen LogP contribution in [0.25, 0.3) is 0 Å². The average molecular weight is 240 g/mol. The molecule has 0 aromatic heterocycles. The summed E-state index contributed by atoms with van der Waals surface area (Å²) in [6, 6.07) is 0. The van der Waals surface area contributed by atoms with E-state index >= 15 is 0 Å². The number of carbonyl (C=O) groups is 1. The summed E-state index contributed by atoms with van der Waals surface area (Å²) in [5.41, 5.74) is 5.58. The van der Waals surface area contributed by atoms with Crippen LogP contribution in [0.3, 0.4) is 0 Å². The summed E-state index contributed by atoms with van der Waals surface area (Å²) in [4.78, 5) is 14.3. The molecule has 2 N–H and O–H groups in total. The number of hydrogen-bond acceptors (Lipinski definition) is 3. The number of ether oxygens (including phenoxy) is 1. The molecular formula is C13H24N2O2. The van der Waals surface area contributed by atoms with E-state index in [1.54, 1.807) is 7.11 Å². The van der Waals surface area contributed by atoms with E-state index in [9.17, 15) is 4.79 Å². The van der Waals surface area contributed by atoms with Crippen LogP contribution in [0.4, 0.5) is 0 Å². The highest BCUT2D eigenvalue weighted by Crippen LogP contribution is 2.48. The molecule has 2 saturated carbocycles. The average Bonchev–Trinajstić information content (AvgIpc) is 2.95. The molecule has 0 saturated heterocycles. The van der Waals surface area contributed by atoms with Gasteiger partial charge in [0.1, 0.15) is 0 Å². The number of amides is 1. The van der Waals surface area contributed by atoms with E-state index in [0.29, 0.717) is 38.1 Å². The van der Waals surface area contributed by atoms with Crippen molar-refractivity contribution < 1.29 is 9.53 Å². The third kappa shape index (κ3) is 2.80. The fourth-order valence-corrected chi connectivity index (χ4v) is 3.47. The largest absolute Gasteiger partial charge is 0.383 e. The maximum atomic E-state index is 12.4. The molecule has 3 unspecified atom stereocenters. The lowest BCUT2D eigenvalue weighted by Gasteiger charge is -2.29. The van der Waals surface area contributed by atoms with Crippen LogP contribution in [0, 0.1) is 17.8 Å². The van der Waals surface area contributed by atoms with Crippen LogP contribution >= 0.6 is 0 Å². The highest BCUT2D eigenvalue weighted by atomic mass is 16.5. The quantitative estimate of drug-likeness (QED) is 0.749.